The number of carbonyl (C=O) groups excluding carboxylic acids is 1. The molecule has 1 amide bonds. The van der Waals surface area contributed by atoms with Crippen molar-refractivity contribution < 1.29 is 4.79 Å². The van der Waals surface area contributed by atoms with Crippen molar-refractivity contribution in [3.8, 4) is 0 Å². The number of rotatable bonds is 3. The van der Waals surface area contributed by atoms with Crippen LogP contribution in [0, 0.1) is 19.8 Å². The van der Waals surface area contributed by atoms with E-state index in [1.54, 1.807) is 0 Å². The molecular weight excluding hydrogens is 356 g/mol. The predicted octanol–water partition coefficient (Wildman–Crippen LogP) is 4.98. The first-order chi connectivity index (χ1) is 14.0. The molecule has 0 atom stereocenters. The lowest BCUT2D eigenvalue weighted by atomic mass is 9.74. The molecule has 1 saturated carbocycles. The fraction of sp³-hybridized carbons (Fsp3) is 0.500. The lowest BCUT2D eigenvalue weighted by molar-refractivity contribution is -0.124. The molecule has 2 aromatic rings. The summed E-state index contributed by atoms with van der Waals surface area (Å²) in [5.41, 5.74) is 6.80. The van der Waals surface area contributed by atoms with E-state index in [-0.39, 0.29) is 11.3 Å². The Morgan fingerprint density at radius 1 is 1.00 bits per heavy atom. The maximum atomic E-state index is 13.1. The number of carbonyl (C=O) groups is 1. The topological polar surface area (TPSA) is 23.6 Å². The first kappa shape index (κ1) is 18.9. The minimum atomic E-state index is 0.143. The molecule has 5 rings (SSSR count). The van der Waals surface area contributed by atoms with Gasteiger partial charge in [-0.2, -0.15) is 0 Å². The number of nitrogens with zero attached hydrogens (tertiary/aromatic N) is 2. The fourth-order valence-electron chi connectivity index (χ4n) is 5.37. The van der Waals surface area contributed by atoms with Crippen LogP contribution in [-0.2, 0) is 16.8 Å². The Kier molecular flexibility index (Phi) is 4.74. The zero-order valence-corrected chi connectivity index (χ0v) is 17.8. The summed E-state index contributed by atoms with van der Waals surface area (Å²) in [6.07, 6.45) is 5.65. The smallest absolute Gasteiger partial charge is 0.230 e. The first-order valence-corrected chi connectivity index (χ1v) is 11.2. The van der Waals surface area contributed by atoms with E-state index in [1.165, 1.54) is 34.4 Å². The number of anilines is 1. The average molecular weight is 389 g/mol. The van der Waals surface area contributed by atoms with Gasteiger partial charge >= 0.3 is 0 Å². The number of amides is 1. The van der Waals surface area contributed by atoms with Crippen LogP contribution in [-0.4, -0.2) is 30.4 Å². The second-order valence-electron chi connectivity index (χ2n) is 9.61. The quantitative estimate of drug-likeness (QED) is 0.740. The molecule has 1 aliphatic carbocycles. The molecule has 1 spiro atoms. The zero-order chi connectivity index (χ0) is 20.0. The van der Waals surface area contributed by atoms with Crippen molar-refractivity contribution in [2.45, 2.75) is 57.9 Å². The van der Waals surface area contributed by atoms with Gasteiger partial charge in [-0.3, -0.25) is 9.69 Å². The highest BCUT2D eigenvalue weighted by Crippen LogP contribution is 2.48. The third kappa shape index (κ3) is 3.40. The highest BCUT2D eigenvalue weighted by Gasteiger charge is 2.47. The molecule has 2 fully saturated rings. The number of likely N-dealkylation sites (tertiary alicyclic amines) is 1. The highest BCUT2D eigenvalue weighted by molar-refractivity contribution is 5.98. The van der Waals surface area contributed by atoms with Crippen LogP contribution in [0.15, 0.2) is 42.5 Å². The number of benzene rings is 2. The van der Waals surface area contributed by atoms with Gasteiger partial charge in [-0.25, -0.2) is 0 Å². The zero-order valence-electron chi connectivity index (χ0n) is 17.8. The minimum absolute atomic E-state index is 0.143. The molecule has 0 radical (unpaired) electrons. The molecule has 0 unspecified atom stereocenters. The van der Waals surface area contributed by atoms with E-state index in [0.717, 1.165) is 51.9 Å². The van der Waals surface area contributed by atoms with Gasteiger partial charge in [0.05, 0.1) is 0 Å². The van der Waals surface area contributed by atoms with Crippen LogP contribution in [0.25, 0.3) is 0 Å². The molecule has 0 N–H and O–H groups in total. The third-order valence-electron chi connectivity index (χ3n) is 7.54. The molecule has 0 aromatic heterocycles. The summed E-state index contributed by atoms with van der Waals surface area (Å²) in [6, 6.07) is 15.7. The Balaban J connectivity index is 1.35. The van der Waals surface area contributed by atoms with Crippen molar-refractivity contribution in [3.63, 3.8) is 0 Å². The van der Waals surface area contributed by atoms with Gasteiger partial charge in [0.1, 0.15) is 0 Å². The molecular formula is C26H32N2O. The standard InChI is InChI=1S/C26H32N2O/c1-19-6-9-21(10-7-19)17-27-14-12-26(13-15-27)18-28(25(29)22-4-3-5-22)24-11-8-20(2)16-23(24)26/h6-11,16,22H,3-5,12-15,17-18H2,1-2H3. The summed E-state index contributed by atoms with van der Waals surface area (Å²) in [4.78, 5) is 17.9. The van der Waals surface area contributed by atoms with Crippen molar-refractivity contribution in [2.75, 3.05) is 24.5 Å². The molecule has 29 heavy (non-hydrogen) atoms. The fourth-order valence-corrected chi connectivity index (χ4v) is 5.37. The van der Waals surface area contributed by atoms with Crippen LogP contribution in [0.1, 0.15) is 54.4 Å². The summed E-state index contributed by atoms with van der Waals surface area (Å²) in [6.45, 7) is 8.45. The van der Waals surface area contributed by atoms with Crippen molar-refractivity contribution in [2.24, 2.45) is 5.92 Å². The molecule has 0 bridgehead atoms. The van der Waals surface area contributed by atoms with Crippen molar-refractivity contribution in [1.29, 1.82) is 0 Å². The van der Waals surface area contributed by atoms with E-state index in [1.807, 2.05) is 0 Å². The number of hydrogen-bond acceptors (Lipinski definition) is 2. The maximum Gasteiger partial charge on any atom is 0.230 e. The van der Waals surface area contributed by atoms with Crippen LogP contribution >= 0.6 is 0 Å². The number of piperidine rings is 1. The van der Waals surface area contributed by atoms with E-state index in [2.05, 4.69) is 66.1 Å². The van der Waals surface area contributed by atoms with Crippen molar-refractivity contribution >= 4 is 11.6 Å². The number of hydrogen-bond donors (Lipinski definition) is 0. The molecule has 2 aliphatic heterocycles. The van der Waals surface area contributed by atoms with Gasteiger partial charge < -0.3 is 4.90 Å². The normalized spacial score (nSPS) is 21.2. The van der Waals surface area contributed by atoms with Crippen molar-refractivity contribution in [3.05, 3.63) is 64.7 Å². The molecule has 2 aromatic carbocycles. The van der Waals surface area contributed by atoms with E-state index in [9.17, 15) is 4.79 Å². The molecule has 3 aliphatic rings. The van der Waals surface area contributed by atoms with Gasteiger partial charge in [0, 0.05) is 30.1 Å². The van der Waals surface area contributed by atoms with E-state index in [0.29, 0.717) is 5.91 Å². The van der Waals surface area contributed by atoms with Gasteiger partial charge in [-0.1, -0.05) is 53.9 Å². The lowest BCUT2D eigenvalue weighted by Gasteiger charge is -2.40. The van der Waals surface area contributed by atoms with E-state index in [4.69, 9.17) is 0 Å². The highest BCUT2D eigenvalue weighted by atomic mass is 16.2. The molecule has 3 heteroatoms. The Hall–Kier alpha value is -2.13. The summed E-state index contributed by atoms with van der Waals surface area (Å²) in [7, 11) is 0. The van der Waals surface area contributed by atoms with Crippen LogP contribution in [0.4, 0.5) is 5.69 Å². The molecule has 2 heterocycles. The molecule has 1 saturated heterocycles. The summed E-state index contributed by atoms with van der Waals surface area (Å²) in [5.74, 6) is 0.640. The van der Waals surface area contributed by atoms with Gasteiger partial charge in [0.25, 0.3) is 0 Å². The summed E-state index contributed by atoms with van der Waals surface area (Å²) < 4.78 is 0. The predicted molar refractivity (Wildman–Crippen MR) is 118 cm³/mol. The SMILES string of the molecule is Cc1ccc(CN2CCC3(CC2)CN(C(=O)C2CCC2)c2ccc(C)cc23)cc1. The van der Waals surface area contributed by atoms with Crippen LogP contribution < -0.4 is 4.90 Å². The van der Waals surface area contributed by atoms with Crippen LogP contribution in [0.2, 0.25) is 0 Å². The Morgan fingerprint density at radius 2 is 1.69 bits per heavy atom. The first-order valence-electron chi connectivity index (χ1n) is 11.2. The summed E-state index contributed by atoms with van der Waals surface area (Å²) >= 11 is 0. The Labute approximate surface area is 174 Å². The van der Waals surface area contributed by atoms with Gasteiger partial charge in [0.2, 0.25) is 5.91 Å². The van der Waals surface area contributed by atoms with Gasteiger partial charge in [0.15, 0.2) is 0 Å². The molecule has 152 valence electrons. The number of aryl methyl sites for hydroxylation is 2. The minimum Gasteiger partial charge on any atom is -0.311 e. The average Bonchev–Trinajstić information content (AvgIpc) is 2.98. The molecule has 3 nitrogen and oxygen atoms in total. The van der Waals surface area contributed by atoms with Crippen molar-refractivity contribution in [1.82, 2.24) is 4.90 Å². The Bertz CT molecular complexity index is 905. The van der Waals surface area contributed by atoms with Crippen LogP contribution in [0.5, 0.6) is 0 Å². The Morgan fingerprint density at radius 3 is 2.34 bits per heavy atom. The summed E-state index contributed by atoms with van der Waals surface area (Å²) in [5, 5.41) is 0. The maximum absolute atomic E-state index is 13.1. The van der Waals surface area contributed by atoms with Crippen LogP contribution in [0.3, 0.4) is 0 Å². The number of fused-ring (bicyclic) bond motifs is 2. The second kappa shape index (κ2) is 7.28. The third-order valence-corrected chi connectivity index (χ3v) is 7.54. The largest absolute Gasteiger partial charge is 0.311 e. The second-order valence-corrected chi connectivity index (χ2v) is 9.61. The van der Waals surface area contributed by atoms with E-state index >= 15 is 0 Å². The van der Waals surface area contributed by atoms with Gasteiger partial charge in [-0.15, -0.1) is 0 Å². The monoisotopic (exact) mass is 388 g/mol. The lowest BCUT2D eigenvalue weighted by Crippen LogP contribution is -2.47. The van der Waals surface area contributed by atoms with E-state index < -0.39 is 0 Å². The van der Waals surface area contributed by atoms with Gasteiger partial charge in [-0.05, 0) is 69.8 Å².